The number of carbonyl (C=O) groups is 1. The van der Waals surface area contributed by atoms with Gasteiger partial charge in [0.1, 0.15) is 12.0 Å². The number of hydrogen-bond donors (Lipinski definition) is 0. The van der Waals surface area contributed by atoms with Crippen LogP contribution in [-0.4, -0.2) is 31.0 Å². The van der Waals surface area contributed by atoms with Crippen molar-refractivity contribution >= 4 is 5.91 Å². The van der Waals surface area contributed by atoms with Crippen LogP contribution in [0.2, 0.25) is 0 Å². The summed E-state index contributed by atoms with van der Waals surface area (Å²) in [4.78, 5) is 14.4. The van der Waals surface area contributed by atoms with E-state index in [2.05, 4.69) is 12.1 Å². The van der Waals surface area contributed by atoms with Crippen molar-refractivity contribution in [2.75, 3.05) is 20.2 Å². The largest absolute Gasteiger partial charge is 0.497 e. The molecule has 0 saturated carbocycles. The second-order valence-corrected chi connectivity index (χ2v) is 6.16. The lowest BCUT2D eigenvalue weighted by atomic mass is 9.91. The number of piperidine rings is 1. The molecule has 1 unspecified atom stereocenters. The first kappa shape index (κ1) is 15.7. The number of likely N-dealkylation sites (tertiary alicyclic amines) is 1. The number of nitrogens with zero attached hydrogens (tertiary/aromatic N) is 1. The summed E-state index contributed by atoms with van der Waals surface area (Å²) in [7, 11) is 1.68. The number of ether oxygens (including phenoxy) is 1. The first-order valence-electron chi connectivity index (χ1n) is 8.20. The van der Waals surface area contributed by atoms with E-state index in [1.165, 1.54) is 18.2 Å². The number of rotatable bonds is 5. The number of amides is 1. The van der Waals surface area contributed by atoms with Gasteiger partial charge < -0.3 is 14.1 Å². The zero-order chi connectivity index (χ0) is 16.1. The predicted molar refractivity (Wildman–Crippen MR) is 88.7 cm³/mol. The average molecular weight is 313 g/mol. The summed E-state index contributed by atoms with van der Waals surface area (Å²) in [6, 6.07) is 9.99. The highest BCUT2D eigenvalue weighted by atomic mass is 16.5. The van der Waals surface area contributed by atoms with Gasteiger partial charge in [-0.3, -0.25) is 4.79 Å². The number of methoxy groups -OCH3 is 1. The van der Waals surface area contributed by atoms with Crippen LogP contribution in [0.25, 0.3) is 0 Å². The molecule has 1 aromatic carbocycles. The van der Waals surface area contributed by atoms with Gasteiger partial charge in [0.05, 0.1) is 18.9 Å². The van der Waals surface area contributed by atoms with Crippen LogP contribution in [0, 0.1) is 5.92 Å². The van der Waals surface area contributed by atoms with E-state index >= 15 is 0 Å². The molecular formula is C19H23NO3. The zero-order valence-corrected chi connectivity index (χ0v) is 13.5. The van der Waals surface area contributed by atoms with Crippen LogP contribution in [-0.2, 0) is 6.42 Å². The lowest BCUT2D eigenvalue weighted by molar-refractivity contribution is 0.0667. The highest BCUT2D eigenvalue weighted by Gasteiger charge is 2.24. The minimum absolute atomic E-state index is 0.0906. The Hall–Kier alpha value is -2.23. The quantitative estimate of drug-likeness (QED) is 0.844. The smallest absolute Gasteiger partial charge is 0.257 e. The molecule has 1 aliphatic rings. The fraction of sp³-hybridized carbons (Fsp3) is 0.421. The van der Waals surface area contributed by atoms with Crippen LogP contribution in [0.3, 0.4) is 0 Å². The molecule has 0 spiro atoms. The molecule has 23 heavy (non-hydrogen) atoms. The number of furan rings is 1. The van der Waals surface area contributed by atoms with Gasteiger partial charge in [0, 0.05) is 13.1 Å². The van der Waals surface area contributed by atoms with Crippen molar-refractivity contribution in [3.8, 4) is 5.75 Å². The van der Waals surface area contributed by atoms with Gasteiger partial charge in [-0.05, 0) is 55.4 Å². The summed E-state index contributed by atoms with van der Waals surface area (Å²) >= 11 is 0. The van der Waals surface area contributed by atoms with Crippen LogP contribution in [0.4, 0.5) is 0 Å². The van der Waals surface area contributed by atoms with Crippen LogP contribution in [0.5, 0.6) is 5.75 Å². The molecule has 122 valence electrons. The van der Waals surface area contributed by atoms with Crippen LogP contribution >= 0.6 is 0 Å². The molecule has 1 fully saturated rings. The molecule has 0 radical (unpaired) electrons. The molecule has 0 aliphatic carbocycles. The van der Waals surface area contributed by atoms with Crippen molar-refractivity contribution in [3.63, 3.8) is 0 Å². The lowest BCUT2D eigenvalue weighted by Crippen LogP contribution is -2.39. The third kappa shape index (κ3) is 3.95. The molecule has 1 aromatic heterocycles. The normalized spacial score (nSPS) is 18.0. The van der Waals surface area contributed by atoms with Gasteiger partial charge >= 0.3 is 0 Å². The Bertz CT molecular complexity index is 619. The van der Waals surface area contributed by atoms with Crippen LogP contribution in [0.1, 0.15) is 35.2 Å². The molecule has 1 saturated heterocycles. The Balaban J connectivity index is 1.53. The minimum atomic E-state index is 0.0906. The van der Waals surface area contributed by atoms with Gasteiger partial charge in [-0.25, -0.2) is 0 Å². The number of hydrogen-bond acceptors (Lipinski definition) is 3. The maximum Gasteiger partial charge on any atom is 0.257 e. The van der Waals surface area contributed by atoms with Gasteiger partial charge in [0.25, 0.3) is 5.91 Å². The van der Waals surface area contributed by atoms with Gasteiger partial charge in [0.15, 0.2) is 0 Å². The van der Waals surface area contributed by atoms with E-state index in [4.69, 9.17) is 9.15 Å². The van der Waals surface area contributed by atoms with Crippen molar-refractivity contribution in [2.24, 2.45) is 5.92 Å². The summed E-state index contributed by atoms with van der Waals surface area (Å²) in [6.07, 6.45) is 7.52. The Morgan fingerprint density at radius 2 is 2.13 bits per heavy atom. The van der Waals surface area contributed by atoms with Gasteiger partial charge in [-0.1, -0.05) is 12.1 Å². The number of aryl methyl sites for hydroxylation is 1. The molecule has 2 heterocycles. The molecule has 1 aliphatic heterocycles. The Morgan fingerprint density at radius 1 is 1.30 bits per heavy atom. The van der Waals surface area contributed by atoms with Crippen molar-refractivity contribution in [1.29, 1.82) is 0 Å². The van der Waals surface area contributed by atoms with Crippen LogP contribution < -0.4 is 4.74 Å². The monoisotopic (exact) mass is 313 g/mol. The van der Waals surface area contributed by atoms with Crippen LogP contribution in [0.15, 0.2) is 47.3 Å². The third-order valence-corrected chi connectivity index (χ3v) is 4.57. The first-order valence-corrected chi connectivity index (χ1v) is 8.20. The molecule has 1 amide bonds. The second-order valence-electron chi connectivity index (χ2n) is 6.16. The van der Waals surface area contributed by atoms with Crippen molar-refractivity contribution in [3.05, 3.63) is 54.0 Å². The zero-order valence-electron chi connectivity index (χ0n) is 13.5. The Morgan fingerprint density at radius 3 is 2.83 bits per heavy atom. The number of carbonyl (C=O) groups excluding carboxylic acids is 1. The van der Waals surface area contributed by atoms with Gasteiger partial charge in [-0.2, -0.15) is 0 Å². The minimum Gasteiger partial charge on any atom is -0.497 e. The fourth-order valence-electron chi connectivity index (χ4n) is 3.22. The standard InChI is InChI=1S/C19H23NO3/c1-22-18-8-6-15(7-9-18)4-5-16-3-2-11-20(13-16)19(21)17-10-12-23-14-17/h6-10,12,14,16H,2-5,11,13H2,1H3. The predicted octanol–water partition coefficient (Wildman–Crippen LogP) is 3.77. The number of benzene rings is 1. The SMILES string of the molecule is COc1ccc(CCC2CCCN(C(=O)c3ccoc3)C2)cc1. The summed E-state index contributed by atoms with van der Waals surface area (Å²) in [6.45, 7) is 1.70. The van der Waals surface area contributed by atoms with Crippen molar-refractivity contribution in [1.82, 2.24) is 4.90 Å². The summed E-state index contributed by atoms with van der Waals surface area (Å²) < 4.78 is 10.2. The van der Waals surface area contributed by atoms with E-state index < -0.39 is 0 Å². The van der Waals surface area contributed by atoms with E-state index in [1.54, 1.807) is 19.4 Å². The molecule has 1 atom stereocenters. The maximum absolute atomic E-state index is 12.4. The summed E-state index contributed by atoms with van der Waals surface area (Å²) in [5.74, 6) is 1.55. The summed E-state index contributed by atoms with van der Waals surface area (Å²) in [5.41, 5.74) is 1.98. The topological polar surface area (TPSA) is 42.7 Å². The van der Waals surface area contributed by atoms with E-state index in [9.17, 15) is 4.79 Å². The molecule has 4 heteroatoms. The highest BCUT2D eigenvalue weighted by molar-refractivity contribution is 5.93. The van der Waals surface area contributed by atoms with E-state index in [0.29, 0.717) is 11.5 Å². The third-order valence-electron chi connectivity index (χ3n) is 4.57. The van der Waals surface area contributed by atoms with E-state index in [0.717, 1.165) is 38.1 Å². The van der Waals surface area contributed by atoms with Gasteiger partial charge in [-0.15, -0.1) is 0 Å². The molecule has 0 bridgehead atoms. The van der Waals surface area contributed by atoms with E-state index in [1.807, 2.05) is 17.0 Å². The lowest BCUT2D eigenvalue weighted by Gasteiger charge is -2.32. The Kier molecular flexibility index (Phi) is 5.01. The summed E-state index contributed by atoms with van der Waals surface area (Å²) in [5, 5.41) is 0. The first-order chi connectivity index (χ1) is 11.3. The van der Waals surface area contributed by atoms with Crippen molar-refractivity contribution in [2.45, 2.75) is 25.7 Å². The molecule has 2 aromatic rings. The van der Waals surface area contributed by atoms with Crippen molar-refractivity contribution < 1.29 is 13.9 Å². The van der Waals surface area contributed by atoms with Gasteiger partial charge in [0.2, 0.25) is 0 Å². The fourth-order valence-corrected chi connectivity index (χ4v) is 3.22. The Labute approximate surface area is 137 Å². The molecule has 0 N–H and O–H groups in total. The second kappa shape index (κ2) is 7.36. The average Bonchev–Trinajstić information content (AvgIpc) is 3.14. The molecule has 3 rings (SSSR count). The van der Waals surface area contributed by atoms with E-state index in [-0.39, 0.29) is 5.91 Å². The molecular weight excluding hydrogens is 290 g/mol. The highest BCUT2D eigenvalue weighted by Crippen LogP contribution is 2.23. The maximum atomic E-state index is 12.4. The molecule has 4 nitrogen and oxygen atoms in total.